The molecule has 51 heavy (non-hydrogen) atoms. The van der Waals surface area contributed by atoms with Crippen LogP contribution in [0, 0.1) is 3.57 Å². The van der Waals surface area contributed by atoms with E-state index in [-0.39, 0.29) is 24.8 Å². The van der Waals surface area contributed by atoms with Crippen molar-refractivity contribution in [2.75, 3.05) is 33.5 Å². The fourth-order valence-electron chi connectivity index (χ4n) is 4.99. The summed E-state index contributed by atoms with van der Waals surface area (Å²) in [4.78, 5) is 36.6. The zero-order chi connectivity index (χ0) is 36.9. The number of rotatable bonds is 17. The van der Waals surface area contributed by atoms with E-state index in [1.807, 2.05) is 32.0 Å². The number of aliphatic hydroxyl groups excluding tert-OH is 1. The van der Waals surface area contributed by atoms with Gasteiger partial charge in [-0.2, -0.15) is 5.10 Å². The lowest BCUT2D eigenvalue weighted by Crippen LogP contribution is -2.45. The number of amides is 2. The highest BCUT2D eigenvalue weighted by Gasteiger charge is 2.32. The number of ether oxygens (including phenoxy) is 6. The quantitative estimate of drug-likeness (QED) is 0.0477. The van der Waals surface area contributed by atoms with Gasteiger partial charge in [-0.15, -0.1) is 0 Å². The van der Waals surface area contributed by atoms with Crippen molar-refractivity contribution in [3.63, 3.8) is 0 Å². The second kappa shape index (κ2) is 18.8. The molecule has 1 heterocycles. The number of hydrogen-bond acceptors (Lipinski definition) is 12. The molecule has 0 radical (unpaired) electrons. The monoisotopic (exact) mass is 816 g/mol. The highest BCUT2D eigenvalue weighted by Crippen LogP contribution is 2.36. The first kappa shape index (κ1) is 38.8. The van der Waals surface area contributed by atoms with Crippen LogP contribution in [0.5, 0.6) is 23.0 Å². The lowest BCUT2D eigenvalue weighted by Gasteiger charge is -2.28. The number of hydrogen-bond donors (Lipinski definition) is 4. The van der Waals surface area contributed by atoms with E-state index in [0.717, 1.165) is 9.13 Å². The van der Waals surface area contributed by atoms with Crippen LogP contribution in [0.1, 0.15) is 60.8 Å². The van der Waals surface area contributed by atoms with Gasteiger partial charge in [-0.05, 0) is 103 Å². The van der Waals surface area contributed by atoms with Gasteiger partial charge >= 0.3 is 18.0 Å². The van der Waals surface area contributed by atoms with Gasteiger partial charge in [0.15, 0.2) is 29.2 Å². The number of benzene rings is 3. The maximum atomic E-state index is 12.5. The molecule has 0 bridgehead atoms. The number of esters is 2. The first-order valence-electron chi connectivity index (χ1n) is 16.2. The number of carbonyl (C=O) groups excluding carboxylic acids is 3. The van der Waals surface area contributed by atoms with Gasteiger partial charge in [0.1, 0.15) is 13.2 Å². The molecule has 0 saturated heterocycles. The number of aliphatic hydroxyl groups is 1. The van der Waals surface area contributed by atoms with Crippen molar-refractivity contribution in [1.29, 1.82) is 0 Å². The number of carbonyl (C=O) groups is 3. The van der Waals surface area contributed by atoms with E-state index in [1.165, 1.54) is 13.3 Å². The molecule has 0 unspecified atom stereocenters. The molecule has 3 aromatic rings. The molecule has 0 aliphatic carbocycles. The number of allylic oxidation sites excluding steroid dienone is 1. The summed E-state index contributed by atoms with van der Waals surface area (Å²) in [7, 11) is 1.27. The molecular formula is C36H41IN4O10. The van der Waals surface area contributed by atoms with Gasteiger partial charge in [0, 0.05) is 5.70 Å². The van der Waals surface area contributed by atoms with Crippen LogP contribution in [-0.4, -0.2) is 69.1 Å². The first-order valence-corrected chi connectivity index (χ1v) is 17.2. The predicted octanol–water partition coefficient (Wildman–Crippen LogP) is 4.97. The highest BCUT2D eigenvalue weighted by atomic mass is 127. The molecule has 0 spiro atoms. The fraction of sp³-hybridized carbons (Fsp3) is 0.333. The second-order valence-electron chi connectivity index (χ2n) is 10.9. The van der Waals surface area contributed by atoms with Crippen molar-refractivity contribution in [2.45, 2.75) is 46.6 Å². The first-order chi connectivity index (χ1) is 24.6. The minimum Gasteiger partial charge on any atom is -0.490 e. The summed E-state index contributed by atoms with van der Waals surface area (Å²) in [5, 5.41) is 20.1. The number of nitrogens with one attached hydrogen (secondary N) is 3. The van der Waals surface area contributed by atoms with Crippen LogP contribution in [0.4, 0.5) is 4.79 Å². The van der Waals surface area contributed by atoms with Crippen LogP contribution in [-0.2, 0) is 20.9 Å². The Kier molecular flexibility index (Phi) is 14.3. The average molecular weight is 817 g/mol. The van der Waals surface area contributed by atoms with E-state index in [4.69, 9.17) is 28.4 Å². The van der Waals surface area contributed by atoms with Gasteiger partial charge in [0.25, 0.3) is 0 Å². The molecule has 1 aliphatic heterocycles. The highest BCUT2D eigenvalue weighted by molar-refractivity contribution is 14.1. The Morgan fingerprint density at radius 1 is 0.941 bits per heavy atom. The summed E-state index contributed by atoms with van der Waals surface area (Å²) in [6, 6.07) is 14.4. The van der Waals surface area contributed by atoms with Crippen LogP contribution in [0.15, 0.2) is 71.0 Å². The normalized spacial score (nSPS) is 14.6. The smallest absolute Gasteiger partial charge is 0.338 e. The van der Waals surface area contributed by atoms with Crippen LogP contribution >= 0.6 is 22.6 Å². The minimum atomic E-state index is -1.18. The largest absolute Gasteiger partial charge is 0.490 e. The van der Waals surface area contributed by atoms with Gasteiger partial charge in [-0.3, -0.25) is 5.43 Å². The van der Waals surface area contributed by atoms with E-state index in [0.29, 0.717) is 65.2 Å². The molecule has 2 atom stereocenters. The van der Waals surface area contributed by atoms with Gasteiger partial charge < -0.3 is 44.2 Å². The molecule has 1 aliphatic rings. The standard InChI is InChI=1S/C36H41IN4O10/c1-6-47-28-17-25(32-31(35(44)46-5)21(4)39-36(45)40-32)13-14-27(28)50-20-30(42)41-38-18-23-15-26(37)33(29(16-23)48-7-2)51-19-22-9-11-24(12-10-22)34(43)49-8-3/h9-18,30,32,41-42H,6-8,19-20H2,1-5H3,(H2,39,40,45)/b38-18+/t30-,32-/m0/s1. The van der Waals surface area contributed by atoms with E-state index in [1.54, 1.807) is 50.2 Å². The Morgan fingerprint density at radius 3 is 2.35 bits per heavy atom. The average Bonchev–Trinajstić information content (AvgIpc) is 3.10. The van der Waals surface area contributed by atoms with E-state index < -0.39 is 24.3 Å². The SMILES string of the molecule is CCOC(=O)c1ccc(COc2c(I)cc(/C=N/N[C@@H](O)COc3ccc([C@@H]4NC(=O)NC(C)=C4C(=O)OC)cc3OCC)cc2OCC)cc1. The zero-order valence-electron chi connectivity index (χ0n) is 28.9. The van der Waals surface area contributed by atoms with Crippen molar-refractivity contribution in [3.05, 3.63) is 91.7 Å². The Bertz CT molecular complexity index is 1760. The van der Waals surface area contributed by atoms with Crippen LogP contribution in [0.25, 0.3) is 0 Å². The molecule has 272 valence electrons. The summed E-state index contributed by atoms with van der Waals surface area (Å²) >= 11 is 2.16. The van der Waals surface area contributed by atoms with Gasteiger partial charge in [0.05, 0.1) is 53.9 Å². The van der Waals surface area contributed by atoms with Crippen LogP contribution in [0.3, 0.4) is 0 Å². The van der Waals surface area contributed by atoms with Crippen LogP contribution in [0.2, 0.25) is 0 Å². The summed E-state index contributed by atoms with van der Waals surface area (Å²) < 4.78 is 34.3. The van der Waals surface area contributed by atoms with Gasteiger partial charge in [0.2, 0.25) is 0 Å². The number of methoxy groups -OCH3 is 1. The zero-order valence-corrected chi connectivity index (χ0v) is 31.1. The number of halogens is 1. The third-order valence-electron chi connectivity index (χ3n) is 7.29. The maximum absolute atomic E-state index is 12.5. The van der Waals surface area contributed by atoms with E-state index >= 15 is 0 Å². The Hall–Kier alpha value is -5.03. The molecule has 0 aromatic heterocycles. The van der Waals surface area contributed by atoms with Crippen LogP contribution < -0.4 is 35.0 Å². The molecular weight excluding hydrogens is 775 g/mol. The molecule has 14 nitrogen and oxygen atoms in total. The fourth-order valence-corrected chi connectivity index (χ4v) is 5.77. The van der Waals surface area contributed by atoms with Crippen molar-refractivity contribution in [3.8, 4) is 23.0 Å². The third-order valence-corrected chi connectivity index (χ3v) is 8.09. The Balaban J connectivity index is 1.38. The molecule has 4 rings (SSSR count). The van der Waals surface area contributed by atoms with Gasteiger partial charge in [-0.1, -0.05) is 18.2 Å². The lowest BCUT2D eigenvalue weighted by molar-refractivity contribution is -0.136. The van der Waals surface area contributed by atoms with Crippen molar-refractivity contribution in [2.24, 2.45) is 5.10 Å². The lowest BCUT2D eigenvalue weighted by atomic mass is 9.95. The summed E-state index contributed by atoms with van der Waals surface area (Å²) in [6.07, 6.45) is 0.354. The summed E-state index contributed by atoms with van der Waals surface area (Å²) in [5.41, 5.74) is 5.90. The van der Waals surface area contributed by atoms with Crippen molar-refractivity contribution in [1.82, 2.24) is 16.1 Å². The third kappa shape index (κ3) is 10.5. The maximum Gasteiger partial charge on any atom is 0.338 e. The summed E-state index contributed by atoms with van der Waals surface area (Å²) in [6.45, 7) is 8.18. The molecule has 4 N–H and O–H groups in total. The topological polar surface area (TPSA) is 175 Å². The molecule has 2 amide bonds. The number of hydrazone groups is 1. The second-order valence-corrected chi connectivity index (χ2v) is 12.0. The molecule has 0 fully saturated rings. The number of urea groups is 1. The van der Waals surface area contributed by atoms with Crippen molar-refractivity contribution >= 4 is 46.8 Å². The Labute approximate surface area is 309 Å². The van der Waals surface area contributed by atoms with Gasteiger partial charge in [-0.25, -0.2) is 14.4 Å². The summed E-state index contributed by atoms with van der Waals surface area (Å²) in [5.74, 6) is 0.835. The van der Waals surface area contributed by atoms with E-state index in [2.05, 4.69) is 43.8 Å². The molecule has 0 saturated carbocycles. The minimum absolute atomic E-state index is 0.178. The number of nitrogens with zero attached hydrogens (tertiary/aromatic N) is 1. The van der Waals surface area contributed by atoms with E-state index in [9.17, 15) is 19.5 Å². The Morgan fingerprint density at radius 2 is 1.67 bits per heavy atom. The molecule has 3 aromatic carbocycles. The predicted molar refractivity (Wildman–Crippen MR) is 196 cm³/mol. The molecule has 15 heteroatoms. The van der Waals surface area contributed by atoms with Crippen molar-refractivity contribution < 1.29 is 47.9 Å².